The normalized spacial score (nSPS) is 12.3. The molecule has 1 N–H and O–H groups in total. The van der Waals surface area contributed by atoms with E-state index in [9.17, 15) is 10.1 Å². The highest BCUT2D eigenvalue weighted by Gasteiger charge is 2.15. The summed E-state index contributed by atoms with van der Waals surface area (Å²) in [4.78, 5) is 14.7. The molecule has 0 saturated carbocycles. The maximum Gasteiger partial charge on any atom is 0.262 e. The first kappa shape index (κ1) is 21.1. The summed E-state index contributed by atoms with van der Waals surface area (Å²) in [6.07, 6.45) is 1.54. The van der Waals surface area contributed by atoms with E-state index < -0.39 is 5.91 Å². The Morgan fingerprint density at radius 3 is 2.67 bits per heavy atom. The molecule has 1 heterocycles. The van der Waals surface area contributed by atoms with Gasteiger partial charge in [-0.25, -0.2) is 0 Å². The van der Waals surface area contributed by atoms with E-state index in [1.807, 2.05) is 36.4 Å². The zero-order valence-electron chi connectivity index (χ0n) is 17.4. The van der Waals surface area contributed by atoms with Crippen LogP contribution in [0.15, 0.2) is 42.0 Å². The summed E-state index contributed by atoms with van der Waals surface area (Å²) >= 11 is 0. The highest BCUT2D eigenvalue weighted by atomic mass is 16.7. The summed E-state index contributed by atoms with van der Waals surface area (Å²) in [5.41, 5.74) is 2.55. The zero-order valence-corrected chi connectivity index (χ0v) is 17.4. The number of amides is 1. The van der Waals surface area contributed by atoms with Crippen LogP contribution in [0.1, 0.15) is 25.0 Å². The number of benzene rings is 2. The Labute approximate surface area is 176 Å². The number of anilines is 1. The molecule has 7 nitrogen and oxygen atoms in total. The van der Waals surface area contributed by atoms with Crippen LogP contribution in [0.5, 0.6) is 17.2 Å². The van der Waals surface area contributed by atoms with Crippen molar-refractivity contribution in [2.75, 3.05) is 31.9 Å². The van der Waals surface area contributed by atoms with Gasteiger partial charge in [0.1, 0.15) is 17.4 Å². The molecular weight excluding hydrogens is 382 g/mol. The van der Waals surface area contributed by atoms with Gasteiger partial charge in [0.25, 0.3) is 5.91 Å². The van der Waals surface area contributed by atoms with Crippen LogP contribution in [0.2, 0.25) is 0 Å². The molecule has 0 fully saturated rings. The molecule has 0 atom stereocenters. The summed E-state index contributed by atoms with van der Waals surface area (Å²) in [5, 5.41) is 12.3. The molecule has 30 heavy (non-hydrogen) atoms. The molecule has 1 amide bonds. The standard InChI is InChI=1S/C23H25N3O4/c1-4-26(5-2)19-8-7-17(21(12-19)28-3)11-18(13-24)23(27)25-14-16-6-9-20-22(10-16)30-15-29-20/h6-12H,4-5,14-15H2,1-3H3,(H,25,27)/b18-11+. The fraction of sp³-hybridized carbons (Fsp3) is 0.304. The van der Waals surface area contributed by atoms with E-state index in [0.29, 0.717) is 22.8 Å². The Kier molecular flexibility index (Phi) is 6.81. The Hall–Kier alpha value is -3.66. The number of hydrogen-bond donors (Lipinski definition) is 1. The van der Waals surface area contributed by atoms with Crippen LogP contribution in [0.4, 0.5) is 5.69 Å². The quantitative estimate of drug-likeness (QED) is 0.533. The molecule has 1 aliphatic rings. The van der Waals surface area contributed by atoms with Gasteiger partial charge in [-0.15, -0.1) is 0 Å². The topological polar surface area (TPSA) is 83.8 Å². The highest BCUT2D eigenvalue weighted by molar-refractivity contribution is 6.02. The van der Waals surface area contributed by atoms with Gasteiger partial charge in [0.15, 0.2) is 11.5 Å². The van der Waals surface area contributed by atoms with Gasteiger partial charge in [-0.05, 0) is 49.8 Å². The fourth-order valence-electron chi connectivity index (χ4n) is 3.24. The van der Waals surface area contributed by atoms with Crippen molar-refractivity contribution in [1.82, 2.24) is 5.32 Å². The van der Waals surface area contributed by atoms with Gasteiger partial charge in [-0.1, -0.05) is 6.07 Å². The predicted octanol–water partition coefficient (Wildman–Crippen LogP) is 3.49. The SMILES string of the molecule is CCN(CC)c1ccc(/C=C(\C#N)C(=O)NCc2ccc3c(c2)OCO3)c(OC)c1. The van der Waals surface area contributed by atoms with Gasteiger partial charge in [-0.3, -0.25) is 4.79 Å². The lowest BCUT2D eigenvalue weighted by Gasteiger charge is -2.22. The number of carbonyl (C=O) groups is 1. The van der Waals surface area contributed by atoms with Gasteiger partial charge in [-0.2, -0.15) is 5.26 Å². The van der Waals surface area contributed by atoms with Crippen molar-refractivity contribution in [3.05, 3.63) is 53.1 Å². The number of nitriles is 1. The Morgan fingerprint density at radius 2 is 1.97 bits per heavy atom. The first-order valence-electron chi connectivity index (χ1n) is 9.81. The number of methoxy groups -OCH3 is 1. The van der Waals surface area contributed by atoms with Crippen LogP contribution in [0.3, 0.4) is 0 Å². The van der Waals surface area contributed by atoms with E-state index in [0.717, 1.165) is 24.3 Å². The zero-order chi connectivity index (χ0) is 21.5. The van der Waals surface area contributed by atoms with Crippen molar-refractivity contribution >= 4 is 17.7 Å². The maximum atomic E-state index is 12.5. The predicted molar refractivity (Wildman–Crippen MR) is 115 cm³/mol. The maximum absolute atomic E-state index is 12.5. The Bertz CT molecular complexity index is 990. The van der Waals surface area contributed by atoms with Crippen molar-refractivity contribution in [2.45, 2.75) is 20.4 Å². The average Bonchev–Trinajstić information content (AvgIpc) is 3.25. The number of rotatable bonds is 8. The molecule has 156 valence electrons. The summed E-state index contributed by atoms with van der Waals surface area (Å²) in [6, 6.07) is 13.2. The second-order valence-electron chi connectivity index (χ2n) is 6.64. The number of nitrogens with zero attached hydrogens (tertiary/aromatic N) is 2. The van der Waals surface area contributed by atoms with E-state index in [2.05, 4.69) is 24.1 Å². The summed E-state index contributed by atoms with van der Waals surface area (Å²) in [5.74, 6) is 1.49. The first-order valence-corrected chi connectivity index (χ1v) is 9.81. The summed E-state index contributed by atoms with van der Waals surface area (Å²) in [7, 11) is 1.57. The van der Waals surface area contributed by atoms with Gasteiger partial charge in [0, 0.05) is 37.0 Å². The third-order valence-electron chi connectivity index (χ3n) is 4.90. The highest BCUT2D eigenvalue weighted by Crippen LogP contribution is 2.32. The number of ether oxygens (including phenoxy) is 3. The minimum Gasteiger partial charge on any atom is -0.496 e. The molecule has 1 aliphatic heterocycles. The Morgan fingerprint density at radius 1 is 1.20 bits per heavy atom. The molecule has 7 heteroatoms. The minimum atomic E-state index is -0.454. The molecule has 0 radical (unpaired) electrons. The fourth-order valence-corrected chi connectivity index (χ4v) is 3.24. The molecule has 0 saturated heterocycles. The number of fused-ring (bicyclic) bond motifs is 1. The number of nitrogens with one attached hydrogen (secondary N) is 1. The van der Waals surface area contributed by atoms with E-state index in [1.165, 1.54) is 0 Å². The van der Waals surface area contributed by atoms with E-state index in [1.54, 1.807) is 19.3 Å². The van der Waals surface area contributed by atoms with Crippen LogP contribution in [-0.4, -0.2) is 32.9 Å². The van der Waals surface area contributed by atoms with Crippen LogP contribution >= 0.6 is 0 Å². The first-order chi connectivity index (χ1) is 14.6. The second-order valence-corrected chi connectivity index (χ2v) is 6.64. The van der Waals surface area contributed by atoms with Gasteiger partial charge in [0.2, 0.25) is 6.79 Å². The molecular formula is C23H25N3O4. The molecule has 0 aromatic heterocycles. The van der Waals surface area contributed by atoms with Crippen LogP contribution in [0, 0.1) is 11.3 Å². The van der Waals surface area contributed by atoms with Gasteiger partial charge in [0.05, 0.1) is 7.11 Å². The van der Waals surface area contributed by atoms with Crippen molar-refractivity contribution in [2.24, 2.45) is 0 Å². The second kappa shape index (κ2) is 9.70. The number of carbonyl (C=O) groups excluding carboxylic acids is 1. The van der Waals surface area contributed by atoms with Gasteiger partial charge >= 0.3 is 0 Å². The van der Waals surface area contributed by atoms with E-state index in [-0.39, 0.29) is 18.9 Å². The van der Waals surface area contributed by atoms with Crippen molar-refractivity contribution in [1.29, 1.82) is 5.26 Å². The minimum absolute atomic E-state index is 0.00429. The molecule has 0 spiro atoms. The van der Waals surface area contributed by atoms with Crippen molar-refractivity contribution < 1.29 is 19.0 Å². The lowest BCUT2D eigenvalue weighted by atomic mass is 10.1. The average molecular weight is 407 g/mol. The summed E-state index contributed by atoms with van der Waals surface area (Å²) in [6.45, 7) is 6.39. The molecule has 0 bridgehead atoms. The van der Waals surface area contributed by atoms with Crippen molar-refractivity contribution in [3.63, 3.8) is 0 Å². The summed E-state index contributed by atoms with van der Waals surface area (Å²) < 4.78 is 16.1. The molecule has 0 unspecified atom stereocenters. The van der Waals surface area contributed by atoms with E-state index in [4.69, 9.17) is 14.2 Å². The molecule has 2 aromatic carbocycles. The third-order valence-corrected chi connectivity index (χ3v) is 4.90. The number of hydrogen-bond acceptors (Lipinski definition) is 6. The Balaban J connectivity index is 1.74. The molecule has 3 rings (SSSR count). The third kappa shape index (κ3) is 4.66. The molecule has 0 aliphatic carbocycles. The molecule has 2 aromatic rings. The monoisotopic (exact) mass is 407 g/mol. The van der Waals surface area contributed by atoms with Gasteiger partial charge < -0.3 is 24.4 Å². The smallest absolute Gasteiger partial charge is 0.262 e. The lowest BCUT2D eigenvalue weighted by molar-refractivity contribution is -0.117. The van der Waals surface area contributed by atoms with Crippen molar-refractivity contribution in [3.8, 4) is 23.3 Å². The van der Waals surface area contributed by atoms with Crippen LogP contribution in [0.25, 0.3) is 6.08 Å². The van der Waals surface area contributed by atoms with Crippen LogP contribution in [-0.2, 0) is 11.3 Å². The largest absolute Gasteiger partial charge is 0.496 e. The van der Waals surface area contributed by atoms with E-state index >= 15 is 0 Å². The lowest BCUT2D eigenvalue weighted by Crippen LogP contribution is -2.24. The van der Waals surface area contributed by atoms with Crippen LogP contribution < -0.4 is 24.4 Å².